The van der Waals surface area contributed by atoms with Crippen molar-refractivity contribution in [2.24, 2.45) is 5.92 Å². The number of ether oxygens (including phenoxy) is 1. The summed E-state index contributed by atoms with van der Waals surface area (Å²) in [6, 6.07) is -0.510. The Balaban J connectivity index is 2.03. The van der Waals surface area contributed by atoms with E-state index in [1.54, 1.807) is 6.92 Å². The van der Waals surface area contributed by atoms with Gasteiger partial charge in [0.2, 0.25) is 5.91 Å². The number of urea groups is 1. The minimum Gasteiger partial charge on any atom is -0.394 e. The average Bonchev–Trinajstić information content (AvgIpc) is 2.65. The van der Waals surface area contributed by atoms with E-state index in [0.29, 0.717) is 0 Å². The van der Waals surface area contributed by atoms with Crippen molar-refractivity contribution >= 4 is 11.9 Å². The lowest BCUT2D eigenvalue weighted by Crippen LogP contribution is -2.57. The average molecular weight is 244 g/mol. The predicted molar refractivity (Wildman–Crippen MR) is 55.8 cm³/mol. The summed E-state index contributed by atoms with van der Waals surface area (Å²) in [4.78, 5) is 24.2. The van der Waals surface area contributed by atoms with Gasteiger partial charge in [0.05, 0.1) is 18.6 Å². The molecule has 2 saturated heterocycles. The van der Waals surface area contributed by atoms with Gasteiger partial charge in [-0.25, -0.2) is 4.79 Å². The molecule has 0 spiro atoms. The van der Waals surface area contributed by atoms with Crippen LogP contribution in [-0.4, -0.2) is 58.6 Å². The van der Waals surface area contributed by atoms with E-state index >= 15 is 0 Å². The molecule has 7 heteroatoms. The number of hydrogen-bond donors (Lipinski definition) is 3. The Morgan fingerprint density at radius 2 is 2.24 bits per heavy atom. The molecule has 0 radical (unpaired) electrons. The molecule has 96 valence electrons. The molecular weight excluding hydrogens is 228 g/mol. The number of hydrogen-bond acceptors (Lipinski definition) is 5. The maximum atomic E-state index is 11.6. The third-order valence-corrected chi connectivity index (χ3v) is 3.14. The normalized spacial score (nSPS) is 38.4. The summed E-state index contributed by atoms with van der Waals surface area (Å²) in [5, 5.41) is 20.8. The quantitative estimate of drug-likeness (QED) is 0.557. The van der Waals surface area contributed by atoms with Crippen molar-refractivity contribution in [2.45, 2.75) is 31.8 Å². The smallest absolute Gasteiger partial charge is 0.326 e. The van der Waals surface area contributed by atoms with Gasteiger partial charge in [0, 0.05) is 13.0 Å². The molecule has 0 saturated carbocycles. The van der Waals surface area contributed by atoms with Gasteiger partial charge in [-0.15, -0.1) is 0 Å². The molecule has 2 aliphatic rings. The molecule has 2 aliphatic heterocycles. The Hall–Kier alpha value is -1.18. The first-order valence-electron chi connectivity index (χ1n) is 5.58. The van der Waals surface area contributed by atoms with E-state index < -0.39 is 24.5 Å². The van der Waals surface area contributed by atoms with E-state index in [1.807, 2.05) is 0 Å². The van der Waals surface area contributed by atoms with Gasteiger partial charge in [-0.1, -0.05) is 6.92 Å². The molecule has 0 aromatic rings. The number of carbonyl (C=O) groups is 2. The van der Waals surface area contributed by atoms with E-state index in [1.165, 1.54) is 4.90 Å². The fraction of sp³-hybridized carbons (Fsp3) is 0.800. The summed E-state index contributed by atoms with van der Waals surface area (Å²) >= 11 is 0. The highest BCUT2D eigenvalue weighted by Gasteiger charge is 2.41. The highest BCUT2D eigenvalue weighted by atomic mass is 16.5. The lowest BCUT2D eigenvalue weighted by Gasteiger charge is -2.34. The number of aliphatic hydroxyl groups is 2. The van der Waals surface area contributed by atoms with Crippen LogP contribution in [0.4, 0.5) is 4.79 Å². The molecule has 0 bridgehead atoms. The minimum atomic E-state index is -0.786. The van der Waals surface area contributed by atoms with Crippen molar-refractivity contribution < 1.29 is 24.5 Å². The zero-order chi connectivity index (χ0) is 12.6. The summed E-state index contributed by atoms with van der Waals surface area (Å²) in [6.45, 7) is 1.69. The highest BCUT2D eigenvalue weighted by molar-refractivity contribution is 5.97. The van der Waals surface area contributed by atoms with Crippen molar-refractivity contribution in [3.8, 4) is 0 Å². The molecule has 3 N–H and O–H groups in total. The first kappa shape index (κ1) is 12.3. The van der Waals surface area contributed by atoms with Crippen molar-refractivity contribution in [3.05, 3.63) is 0 Å². The molecule has 3 amide bonds. The Labute approximate surface area is 98.3 Å². The number of nitrogens with one attached hydrogen (secondary N) is 1. The van der Waals surface area contributed by atoms with Crippen LogP contribution in [0.25, 0.3) is 0 Å². The Bertz CT molecular complexity index is 335. The van der Waals surface area contributed by atoms with Crippen LogP contribution in [0.15, 0.2) is 0 Å². The second kappa shape index (κ2) is 4.59. The van der Waals surface area contributed by atoms with Crippen LogP contribution in [0.2, 0.25) is 0 Å². The molecule has 2 heterocycles. The van der Waals surface area contributed by atoms with Crippen LogP contribution in [0.3, 0.4) is 0 Å². The largest absolute Gasteiger partial charge is 0.394 e. The first-order chi connectivity index (χ1) is 8.02. The van der Waals surface area contributed by atoms with Gasteiger partial charge in [-0.2, -0.15) is 0 Å². The molecule has 17 heavy (non-hydrogen) atoms. The van der Waals surface area contributed by atoms with Gasteiger partial charge in [0.1, 0.15) is 12.3 Å². The van der Waals surface area contributed by atoms with Gasteiger partial charge in [0.15, 0.2) is 0 Å². The van der Waals surface area contributed by atoms with E-state index in [2.05, 4.69) is 5.32 Å². The molecule has 2 fully saturated rings. The Kier molecular flexibility index (Phi) is 3.32. The standard InChI is InChI=1S/C10H16N2O5/c1-5-3-12(10(16)11-9(5)15)8-2-6(14)7(4-13)17-8/h5-8,13-14H,2-4H2,1H3,(H,11,15,16)/t5-,6+,7+,8+/m1/s1. The second-order valence-electron chi connectivity index (χ2n) is 4.46. The van der Waals surface area contributed by atoms with E-state index in [4.69, 9.17) is 9.84 Å². The monoisotopic (exact) mass is 244 g/mol. The van der Waals surface area contributed by atoms with Crippen LogP contribution in [0.5, 0.6) is 0 Å². The number of amides is 3. The highest BCUT2D eigenvalue weighted by Crippen LogP contribution is 2.25. The SMILES string of the molecule is C[C@@H]1CN([C@@H]2C[C@H](O)[C@H](CO)O2)C(=O)NC1=O. The van der Waals surface area contributed by atoms with Crippen LogP contribution >= 0.6 is 0 Å². The van der Waals surface area contributed by atoms with E-state index in [-0.39, 0.29) is 31.4 Å². The predicted octanol–water partition coefficient (Wildman–Crippen LogP) is -1.36. The number of rotatable bonds is 2. The Morgan fingerprint density at radius 3 is 2.82 bits per heavy atom. The molecule has 2 rings (SSSR count). The summed E-state index contributed by atoms with van der Waals surface area (Å²) in [5.41, 5.74) is 0. The van der Waals surface area contributed by atoms with Crippen LogP contribution < -0.4 is 5.32 Å². The lowest BCUT2D eigenvalue weighted by atomic mass is 10.1. The molecule has 0 unspecified atom stereocenters. The topological polar surface area (TPSA) is 99.1 Å². The van der Waals surface area contributed by atoms with E-state index in [9.17, 15) is 14.7 Å². The zero-order valence-corrected chi connectivity index (χ0v) is 9.50. The van der Waals surface area contributed by atoms with Gasteiger partial charge in [0.25, 0.3) is 0 Å². The fourth-order valence-electron chi connectivity index (χ4n) is 2.08. The molecule has 0 aromatic heterocycles. The summed E-state index contributed by atoms with van der Waals surface area (Å²) in [5.74, 6) is -0.606. The summed E-state index contributed by atoms with van der Waals surface area (Å²) in [7, 11) is 0. The molecule has 0 aromatic carbocycles. The molecule has 7 nitrogen and oxygen atoms in total. The zero-order valence-electron chi connectivity index (χ0n) is 9.50. The van der Waals surface area contributed by atoms with Crippen LogP contribution in [-0.2, 0) is 9.53 Å². The van der Waals surface area contributed by atoms with E-state index in [0.717, 1.165) is 0 Å². The third-order valence-electron chi connectivity index (χ3n) is 3.14. The van der Waals surface area contributed by atoms with Gasteiger partial charge in [-0.05, 0) is 0 Å². The van der Waals surface area contributed by atoms with Crippen molar-refractivity contribution in [2.75, 3.05) is 13.2 Å². The first-order valence-corrected chi connectivity index (χ1v) is 5.58. The summed E-state index contributed by atoms with van der Waals surface area (Å²) < 4.78 is 5.37. The minimum absolute atomic E-state index is 0.250. The van der Waals surface area contributed by atoms with Crippen LogP contribution in [0, 0.1) is 5.92 Å². The molecule has 0 aliphatic carbocycles. The van der Waals surface area contributed by atoms with Gasteiger partial charge in [-0.3, -0.25) is 15.0 Å². The molecular formula is C10H16N2O5. The van der Waals surface area contributed by atoms with Crippen molar-refractivity contribution in [3.63, 3.8) is 0 Å². The maximum Gasteiger partial charge on any atom is 0.326 e. The third kappa shape index (κ3) is 2.26. The van der Waals surface area contributed by atoms with Gasteiger partial charge >= 0.3 is 6.03 Å². The number of imide groups is 1. The maximum absolute atomic E-state index is 11.6. The number of aliphatic hydroxyl groups excluding tert-OH is 2. The summed E-state index contributed by atoms with van der Waals surface area (Å²) in [6.07, 6.45) is -1.79. The lowest BCUT2D eigenvalue weighted by molar-refractivity contribution is -0.128. The molecule has 4 atom stereocenters. The second-order valence-corrected chi connectivity index (χ2v) is 4.46. The number of nitrogens with zero attached hydrogens (tertiary/aromatic N) is 1. The van der Waals surface area contributed by atoms with Crippen molar-refractivity contribution in [1.29, 1.82) is 0 Å². The van der Waals surface area contributed by atoms with Gasteiger partial charge < -0.3 is 14.9 Å². The van der Waals surface area contributed by atoms with Crippen LogP contribution in [0.1, 0.15) is 13.3 Å². The number of carbonyl (C=O) groups excluding carboxylic acids is 2. The Morgan fingerprint density at radius 1 is 1.53 bits per heavy atom. The fourth-order valence-corrected chi connectivity index (χ4v) is 2.08. The van der Waals surface area contributed by atoms with Crippen molar-refractivity contribution in [1.82, 2.24) is 10.2 Å².